The minimum absolute atomic E-state index is 0.0330. The predicted molar refractivity (Wildman–Crippen MR) is 131 cm³/mol. The van der Waals surface area contributed by atoms with Crippen LogP contribution in [-0.2, 0) is 18.9 Å². The number of aryl methyl sites for hydroxylation is 2. The van der Waals surface area contributed by atoms with Crippen molar-refractivity contribution in [2.45, 2.75) is 32.6 Å². The smallest absolute Gasteiger partial charge is 0.270 e. The predicted octanol–water partition coefficient (Wildman–Crippen LogP) is 3.11. The van der Waals surface area contributed by atoms with Crippen molar-refractivity contribution in [3.05, 3.63) is 77.7 Å². The third-order valence-corrected chi connectivity index (χ3v) is 6.96. The Morgan fingerprint density at radius 3 is 2.38 bits per heavy atom. The average molecular weight is 533 g/mol. The van der Waals surface area contributed by atoms with Crippen LogP contribution in [0.2, 0.25) is 0 Å². The number of nitrogen functional groups attached to an aromatic ring is 1. The summed E-state index contributed by atoms with van der Waals surface area (Å²) in [6, 6.07) is 5.99. The van der Waals surface area contributed by atoms with Gasteiger partial charge in [-0.2, -0.15) is 0 Å². The van der Waals surface area contributed by atoms with Gasteiger partial charge < -0.3 is 11.1 Å². The quantitative estimate of drug-likeness (QED) is 0.382. The Bertz CT molecular complexity index is 1420. The highest BCUT2D eigenvalue weighted by molar-refractivity contribution is 9.10. The number of Topliss-reactive ketones (excluding diaryl/α,β-unsaturated/α-hetero) is 1. The zero-order valence-electron chi connectivity index (χ0n) is 19.3. The molecule has 3 heterocycles. The van der Waals surface area contributed by atoms with Gasteiger partial charge >= 0.3 is 0 Å². The molecule has 0 radical (unpaired) electrons. The molecule has 9 nitrogen and oxygen atoms in total. The number of halogens is 2. The number of H-pyrrole nitrogens is 2. The Kier molecular flexibility index (Phi) is 5.92. The van der Waals surface area contributed by atoms with E-state index in [-0.39, 0.29) is 22.7 Å². The summed E-state index contributed by atoms with van der Waals surface area (Å²) in [5.74, 6) is 0.247. The number of nitrogens with two attached hydrogens (primary N) is 1. The van der Waals surface area contributed by atoms with Gasteiger partial charge in [-0.1, -0.05) is 19.9 Å². The number of rotatable bonds is 1. The number of nitrogens with zero attached hydrogens (tertiary/aromatic N) is 2. The number of aromatic amines is 2. The number of carbonyl (C=O) groups excluding carboxylic acids is 1. The zero-order chi connectivity index (χ0) is 24.9. The van der Waals surface area contributed by atoms with Crippen molar-refractivity contribution in [1.82, 2.24) is 19.6 Å². The van der Waals surface area contributed by atoms with Gasteiger partial charge in [0.15, 0.2) is 5.78 Å². The number of ketones is 1. The first-order chi connectivity index (χ1) is 15.9. The molecule has 180 valence electrons. The first kappa shape index (κ1) is 23.8. The van der Waals surface area contributed by atoms with Gasteiger partial charge in [-0.3, -0.25) is 33.9 Å². The largest absolute Gasteiger partial charge is 0.384 e. The molecule has 0 fully saturated rings. The Hall–Kier alpha value is -3.34. The average Bonchev–Trinajstić information content (AvgIpc) is 3.22. The standard InChI is InChI=1S/C19H19BrFN3O2.C4H7N3O/c1-19(2)7-6-12-14(16(19)25)13(9-4-5-11(21)10(20)8-9)15-17(22-12)24(3)23-18(15)26;1-7-3(5)2-4(8)6-7/h4-5,8,13,22H,6-7H2,1-3H3,(H,23,26);2H,5H2,1H3,(H,6,8). The van der Waals surface area contributed by atoms with Crippen LogP contribution in [0.5, 0.6) is 0 Å². The molecule has 0 bridgehead atoms. The molecular weight excluding hydrogens is 507 g/mol. The van der Waals surface area contributed by atoms with Crippen LogP contribution in [0.15, 0.2) is 49.6 Å². The molecule has 0 spiro atoms. The summed E-state index contributed by atoms with van der Waals surface area (Å²) in [5.41, 5.74) is 7.05. The van der Waals surface area contributed by atoms with E-state index in [1.807, 2.05) is 13.8 Å². The van der Waals surface area contributed by atoms with Gasteiger partial charge in [0.2, 0.25) is 0 Å². The molecule has 1 aromatic carbocycles. The minimum atomic E-state index is -0.518. The Balaban J connectivity index is 0.000000291. The van der Waals surface area contributed by atoms with E-state index in [1.165, 1.54) is 16.8 Å². The van der Waals surface area contributed by atoms with E-state index >= 15 is 0 Å². The van der Waals surface area contributed by atoms with Crippen LogP contribution in [0, 0.1) is 11.2 Å². The van der Waals surface area contributed by atoms with Crippen LogP contribution in [0.4, 0.5) is 16.0 Å². The highest BCUT2D eigenvalue weighted by atomic mass is 79.9. The lowest BCUT2D eigenvalue weighted by molar-refractivity contribution is -0.124. The topological polar surface area (TPSA) is 131 Å². The van der Waals surface area contributed by atoms with Crippen molar-refractivity contribution in [2.75, 3.05) is 11.1 Å². The maximum Gasteiger partial charge on any atom is 0.270 e. The summed E-state index contributed by atoms with van der Waals surface area (Å²) >= 11 is 3.22. The molecule has 11 heteroatoms. The second-order valence-corrected chi connectivity index (χ2v) is 10.1. The fourth-order valence-corrected chi connectivity index (χ4v) is 4.80. The van der Waals surface area contributed by atoms with E-state index in [1.54, 1.807) is 30.9 Å². The van der Waals surface area contributed by atoms with Gasteiger partial charge in [0.1, 0.15) is 17.5 Å². The number of carbonyl (C=O) groups is 1. The summed E-state index contributed by atoms with van der Waals surface area (Å²) in [6.45, 7) is 3.86. The van der Waals surface area contributed by atoms with Gasteiger partial charge in [-0.25, -0.2) is 4.39 Å². The van der Waals surface area contributed by atoms with Crippen molar-refractivity contribution < 1.29 is 9.18 Å². The van der Waals surface area contributed by atoms with Gasteiger partial charge in [0.25, 0.3) is 11.1 Å². The number of allylic oxidation sites excluding steroid dienone is 2. The second-order valence-electron chi connectivity index (χ2n) is 9.20. The number of benzene rings is 1. The van der Waals surface area contributed by atoms with E-state index < -0.39 is 11.3 Å². The molecule has 34 heavy (non-hydrogen) atoms. The molecule has 5 rings (SSSR count). The van der Waals surface area contributed by atoms with Gasteiger partial charge in [0.05, 0.1) is 10.0 Å². The van der Waals surface area contributed by atoms with Crippen LogP contribution in [0.3, 0.4) is 0 Å². The highest BCUT2D eigenvalue weighted by Gasteiger charge is 2.44. The molecule has 1 aliphatic heterocycles. The highest BCUT2D eigenvalue weighted by Crippen LogP contribution is 2.48. The molecule has 2 aliphatic rings. The second kappa shape index (κ2) is 8.46. The SMILES string of the molecule is Cn1[nH]c(=O)c2c1NC1=C(C(=O)C(C)(C)CC1)C2c1ccc(F)c(Br)c1.Cn1[nH]c(=O)cc1N. The summed E-state index contributed by atoms with van der Waals surface area (Å²) in [6.07, 6.45) is 1.47. The molecule has 0 saturated carbocycles. The van der Waals surface area contributed by atoms with Crippen LogP contribution >= 0.6 is 15.9 Å². The van der Waals surface area contributed by atoms with Crippen molar-refractivity contribution in [3.8, 4) is 0 Å². The maximum absolute atomic E-state index is 13.8. The Morgan fingerprint density at radius 1 is 1.12 bits per heavy atom. The number of fused-ring (bicyclic) bond motifs is 1. The Labute approximate surface area is 202 Å². The van der Waals surface area contributed by atoms with Crippen LogP contribution < -0.4 is 22.2 Å². The number of hydrogen-bond acceptors (Lipinski definition) is 5. The minimum Gasteiger partial charge on any atom is -0.384 e. The molecule has 2 aromatic heterocycles. The van der Waals surface area contributed by atoms with Crippen LogP contribution in [0.25, 0.3) is 0 Å². The first-order valence-electron chi connectivity index (χ1n) is 10.7. The molecule has 5 N–H and O–H groups in total. The molecular formula is C23H26BrFN6O3. The van der Waals surface area contributed by atoms with E-state index in [2.05, 4.69) is 31.4 Å². The number of nitrogens with one attached hydrogen (secondary N) is 3. The Morgan fingerprint density at radius 2 is 1.82 bits per heavy atom. The summed E-state index contributed by atoms with van der Waals surface area (Å²) in [4.78, 5) is 36.2. The van der Waals surface area contributed by atoms with Gasteiger partial charge in [-0.05, 0) is 46.5 Å². The summed E-state index contributed by atoms with van der Waals surface area (Å²) < 4.78 is 17.2. The summed E-state index contributed by atoms with van der Waals surface area (Å²) in [7, 11) is 3.43. The molecule has 3 aromatic rings. The summed E-state index contributed by atoms with van der Waals surface area (Å²) in [5, 5.41) is 8.49. The molecule has 1 unspecified atom stereocenters. The van der Waals surface area contributed by atoms with E-state index in [9.17, 15) is 18.8 Å². The van der Waals surface area contributed by atoms with Crippen LogP contribution in [-0.4, -0.2) is 25.3 Å². The molecule has 1 aliphatic carbocycles. The molecule has 0 amide bonds. The van der Waals surface area contributed by atoms with E-state index in [0.717, 1.165) is 24.1 Å². The van der Waals surface area contributed by atoms with E-state index in [0.29, 0.717) is 27.2 Å². The van der Waals surface area contributed by atoms with Crippen molar-refractivity contribution in [2.24, 2.45) is 19.5 Å². The zero-order valence-corrected chi connectivity index (χ0v) is 20.8. The number of hydrogen-bond donors (Lipinski definition) is 4. The fraction of sp³-hybridized carbons (Fsp3) is 0.348. The van der Waals surface area contributed by atoms with Gasteiger partial charge in [-0.15, -0.1) is 0 Å². The lowest BCUT2D eigenvalue weighted by Crippen LogP contribution is -2.37. The van der Waals surface area contributed by atoms with E-state index in [4.69, 9.17) is 5.73 Å². The lowest BCUT2D eigenvalue weighted by atomic mass is 9.68. The monoisotopic (exact) mass is 532 g/mol. The lowest BCUT2D eigenvalue weighted by Gasteiger charge is -2.38. The number of anilines is 2. The third-order valence-electron chi connectivity index (χ3n) is 6.36. The van der Waals surface area contributed by atoms with Crippen LogP contribution in [0.1, 0.15) is 43.7 Å². The van der Waals surface area contributed by atoms with Gasteiger partial charge in [0, 0.05) is 42.8 Å². The fourth-order valence-electron chi connectivity index (χ4n) is 4.40. The van der Waals surface area contributed by atoms with Crippen molar-refractivity contribution in [1.29, 1.82) is 0 Å². The maximum atomic E-state index is 13.8. The first-order valence-corrected chi connectivity index (χ1v) is 11.5. The third kappa shape index (κ3) is 4.04. The van der Waals surface area contributed by atoms with Crippen molar-refractivity contribution >= 4 is 33.3 Å². The normalized spacial score (nSPS) is 18.5. The number of aromatic nitrogens is 4. The van der Waals surface area contributed by atoms with Crippen molar-refractivity contribution in [3.63, 3.8) is 0 Å². The molecule has 0 saturated heterocycles. The molecule has 1 atom stereocenters.